The van der Waals surface area contributed by atoms with Crippen molar-refractivity contribution in [1.29, 1.82) is 0 Å². The van der Waals surface area contributed by atoms with Gasteiger partial charge in [0.1, 0.15) is 92.6 Å². The zero-order valence-corrected chi connectivity index (χ0v) is 76.0. The fourth-order valence-corrected chi connectivity index (χ4v) is 17.4. The van der Waals surface area contributed by atoms with E-state index in [2.05, 4.69) is 34.6 Å². The van der Waals surface area contributed by atoms with E-state index in [1.54, 1.807) is 0 Å². The van der Waals surface area contributed by atoms with Crippen LogP contribution in [0, 0.1) is 5.92 Å². The Hall–Kier alpha value is -2.53. The number of esters is 4. The van der Waals surface area contributed by atoms with Crippen LogP contribution < -0.4 is 0 Å². The van der Waals surface area contributed by atoms with Crippen molar-refractivity contribution in [3.05, 3.63) is 0 Å². The molecule has 0 aromatic heterocycles. The van der Waals surface area contributed by atoms with Crippen molar-refractivity contribution >= 4 is 31.7 Å². The van der Waals surface area contributed by atoms with Gasteiger partial charge in [-0.25, -0.2) is 4.57 Å². The third-order valence-electron chi connectivity index (χ3n) is 24.3. The first-order chi connectivity index (χ1) is 57.6. The Morgan fingerprint density at radius 2 is 0.630 bits per heavy atom. The molecule has 1 aliphatic carbocycles. The fraction of sp³-hybridized carbons (Fsp3) is 0.957. The van der Waals surface area contributed by atoms with Crippen LogP contribution in [-0.2, 0) is 70.7 Å². The van der Waals surface area contributed by atoms with Crippen LogP contribution in [0.5, 0.6) is 0 Å². The molecule has 0 amide bonds. The Morgan fingerprint density at radius 1 is 0.328 bits per heavy atom. The number of hydrogen-bond donors (Lipinski definition) is 10. The molecule has 2 aliphatic heterocycles. The summed E-state index contributed by atoms with van der Waals surface area (Å²) in [4.78, 5) is 66.6. The van der Waals surface area contributed by atoms with E-state index in [1.165, 1.54) is 212 Å². The first-order valence-corrected chi connectivity index (χ1v) is 50.2. The van der Waals surface area contributed by atoms with Gasteiger partial charge in [-0.3, -0.25) is 28.2 Å². The van der Waals surface area contributed by atoms with Crippen molar-refractivity contribution in [1.82, 2.24) is 0 Å². The molecule has 0 spiro atoms. The van der Waals surface area contributed by atoms with Gasteiger partial charge in [0.25, 0.3) is 0 Å². The average molecular weight is 1720 g/mol. The molecule has 19 unspecified atom stereocenters. The minimum Gasteiger partial charge on any atom is -0.463 e. The molecule has 0 bridgehead atoms. The molecule has 702 valence electrons. The van der Waals surface area contributed by atoms with Gasteiger partial charge in [0.15, 0.2) is 24.8 Å². The monoisotopic (exact) mass is 1720 g/mol. The number of unbranched alkanes of at least 4 members (excludes halogenated alkanes) is 51. The van der Waals surface area contributed by atoms with E-state index in [4.69, 9.17) is 46.9 Å². The molecular weight excluding hydrogens is 1550 g/mol. The summed E-state index contributed by atoms with van der Waals surface area (Å²) in [6, 6.07) is 0. The van der Waals surface area contributed by atoms with Gasteiger partial charge in [-0.15, -0.1) is 0 Å². The molecule has 2 heterocycles. The third-order valence-corrected chi connectivity index (χ3v) is 25.2. The average Bonchev–Trinajstić information content (AvgIpc) is 0.754. The van der Waals surface area contributed by atoms with Gasteiger partial charge in [0.05, 0.1) is 13.2 Å². The van der Waals surface area contributed by atoms with Gasteiger partial charge in [0, 0.05) is 25.7 Å². The largest absolute Gasteiger partial charge is 0.472 e. The second-order valence-corrected chi connectivity index (χ2v) is 36.6. The first-order valence-electron chi connectivity index (χ1n) is 48.7. The number of phosphoric acid groups is 1. The van der Waals surface area contributed by atoms with Crippen LogP contribution in [0.25, 0.3) is 0 Å². The van der Waals surface area contributed by atoms with Gasteiger partial charge in [-0.1, -0.05) is 381 Å². The smallest absolute Gasteiger partial charge is 0.463 e. The van der Waals surface area contributed by atoms with Crippen molar-refractivity contribution < 1.29 is 122 Å². The van der Waals surface area contributed by atoms with E-state index in [0.717, 1.165) is 128 Å². The van der Waals surface area contributed by atoms with Gasteiger partial charge < -0.3 is 88.7 Å². The van der Waals surface area contributed by atoms with Crippen molar-refractivity contribution in [2.45, 2.75) is 537 Å². The highest BCUT2D eigenvalue weighted by atomic mass is 31.2. The van der Waals surface area contributed by atoms with E-state index in [9.17, 15) is 74.6 Å². The van der Waals surface area contributed by atoms with E-state index < -0.39 is 162 Å². The number of aliphatic hydroxyl groups is 9. The normalized spacial score (nSPS) is 25.0. The van der Waals surface area contributed by atoms with Crippen LogP contribution in [0.1, 0.15) is 433 Å². The summed E-state index contributed by atoms with van der Waals surface area (Å²) < 4.78 is 73.6. The molecule has 1 saturated carbocycles. The molecule has 0 aromatic carbocycles. The van der Waals surface area contributed by atoms with E-state index in [-0.39, 0.29) is 25.7 Å². The lowest BCUT2D eigenvalue weighted by molar-refractivity contribution is -0.360. The van der Waals surface area contributed by atoms with Crippen LogP contribution in [0.3, 0.4) is 0 Å². The van der Waals surface area contributed by atoms with Crippen LogP contribution in [0.4, 0.5) is 0 Å². The molecule has 3 aliphatic rings. The highest BCUT2D eigenvalue weighted by molar-refractivity contribution is 7.47. The number of hydrogen-bond acceptors (Lipinski definition) is 24. The van der Waals surface area contributed by atoms with Gasteiger partial charge in [-0.05, 0) is 31.6 Å². The molecule has 119 heavy (non-hydrogen) atoms. The predicted octanol–water partition coefficient (Wildman–Crippen LogP) is 18.4. The zero-order valence-electron chi connectivity index (χ0n) is 75.1. The maximum absolute atomic E-state index is 14.9. The van der Waals surface area contributed by atoms with Crippen LogP contribution in [-0.4, -0.2) is 205 Å². The van der Waals surface area contributed by atoms with Crippen LogP contribution in [0.15, 0.2) is 0 Å². The summed E-state index contributed by atoms with van der Waals surface area (Å²) >= 11 is 0. The molecule has 0 aromatic rings. The molecule has 25 nitrogen and oxygen atoms in total. The molecule has 26 heteroatoms. The van der Waals surface area contributed by atoms with Crippen molar-refractivity contribution in [3.63, 3.8) is 0 Å². The highest BCUT2D eigenvalue weighted by Crippen LogP contribution is 2.49. The number of rotatable bonds is 79. The van der Waals surface area contributed by atoms with E-state index in [1.807, 2.05) is 0 Å². The molecule has 0 radical (unpaired) electrons. The van der Waals surface area contributed by atoms with E-state index in [0.29, 0.717) is 38.0 Å². The molecule has 10 N–H and O–H groups in total. The summed E-state index contributed by atoms with van der Waals surface area (Å²) in [6.07, 6.45) is 27.9. The number of carbonyl (C=O) groups is 4. The quantitative estimate of drug-likeness (QED) is 0.0117. The molecule has 19 atom stereocenters. The number of ether oxygens (including phenoxy) is 8. The van der Waals surface area contributed by atoms with Crippen molar-refractivity contribution in [2.24, 2.45) is 5.92 Å². The predicted molar refractivity (Wildman–Crippen MR) is 463 cm³/mol. The minimum atomic E-state index is -5.81. The fourth-order valence-electron chi connectivity index (χ4n) is 16.4. The SMILES string of the molecule is CCCCCCCCCCCCCCCCCCC(=O)OCC1OC(OC2C(OC(=O)CCCCCCCCCCCCCCCCC)C(O)C(O)C(OC3OC(CO)C(O)C(O)C3O)C2OP(=O)(O)OCC(COC(=O)CCCCCCCCCCCCCCC)OC(=O)CCCCCCCCC(C)CCCCCCCC)C(O)C(O)C1O. The zero-order chi connectivity index (χ0) is 86.9. The number of phosphoric ester groups is 1. The highest BCUT2D eigenvalue weighted by Gasteiger charge is 2.60. The van der Waals surface area contributed by atoms with Gasteiger partial charge in [-0.2, -0.15) is 0 Å². The Morgan fingerprint density at radius 3 is 1.00 bits per heavy atom. The first kappa shape index (κ1) is 111. The van der Waals surface area contributed by atoms with E-state index >= 15 is 0 Å². The molecule has 2 saturated heterocycles. The molecule has 3 rings (SSSR count). The third kappa shape index (κ3) is 51.8. The minimum absolute atomic E-state index is 0.0201. The second kappa shape index (κ2) is 71.5. The molecular formula is C93H175O25P. The Bertz CT molecular complexity index is 2490. The maximum Gasteiger partial charge on any atom is 0.472 e. The van der Waals surface area contributed by atoms with Crippen molar-refractivity contribution in [2.75, 3.05) is 26.4 Å². The Labute approximate surface area is 719 Å². The van der Waals surface area contributed by atoms with Gasteiger partial charge in [0.2, 0.25) is 0 Å². The standard InChI is InChI=1S/C93H175O25P/c1-6-10-14-18-22-25-28-31-33-35-37-40-43-46-53-59-65-77(96)110-71-75-81(100)83(102)87(106)93(114-75)117-90-88(115-79(98)67-61-54-47-44-41-38-34-32-29-26-23-19-15-11-7-2)84(103)85(104)89(116-92-86(105)82(101)80(99)74(68-94)113-92)91(90)118-119(107,108)111-70-73(69-109-76(95)64-58-52-45-42-39-36-30-27-24-20-16-12-8-3)112-78(97)66-60-55-49-48-51-57-63-72(5)62-56-50-21-17-13-9-4/h72-75,80-94,99-106H,6-71H2,1-5H3,(H,107,108). The lowest BCUT2D eigenvalue weighted by Crippen LogP contribution is -2.70. The summed E-state index contributed by atoms with van der Waals surface area (Å²) in [5.74, 6) is -2.27. The summed E-state index contributed by atoms with van der Waals surface area (Å²) in [7, 11) is -5.81. The Balaban J connectivity index is 1.91. The Kier molecular flexibility index (Phi) is 66.5. The molecule has 3 fully saturated rings. The van der Waals surface area contributed by atoms with Crippen LogP contribution >= 0.6 is 7.82 Å². The summed E-state index contributed by atoms with van der Waals surface area (Å²) in [5.41, 5.74) is 0. The summed E-state index contributed by atoms with van der Waals surface area (Å²) in [6.45, 7) is 7.97. The number of carbonyl (C=O) groups excluding carboxylic acids is 4. The second-order valence-electron chi connectivity index (χ2n) is 35.2. The van der Waals surface area contributed by atoms with Crippen molar-refractivity contribution in [3.8, 4) is 0 Å². The lowest BCUT2D eigenvalue weighted by Gasteiger charge is -2.50. The lowest BCUT2D eigenvalue weighted by atomic mass is 9.84. The van der Waals surface area contributed by atoms with Crippen LogP contribution in [0.2, 0.25) is 0 Å². The summed E-state index contributed by atoms with van der Waals surface area (Å²) in [5, 5.41) is 102. The topological polar surface area (TPSA) is 380 Å². The van der Waals surface area contributed by atoms with Gasteiger partial charge >= 0.3 is 31.7 Å². The number of aliphatic hydroxyl groups excluding tert-OH is 9. The maximum atomic E-state index is 14.9.